The van der Waals surface area contributed by atoms with Crippen LogP contribution in [0.15, 0.2) is 60.8 Å². The molecule has 166 valence electrons. The zero-order valence-corrected chi connectivity index (χ0v) is 19.0. The minimum atomic E-state index is -0.109. The van der Waals surface area contributed by atoms with Crippen molar-refractivity contribution in [1.29, 1.82) is 0 Å². The van der Waals surface area contributed by atoms with Crippen LogP contribution in [0.4, 0.5) is 0 Å². The van der Waals surface area contributed by atoms with Gasteiger partial charge in [-0.25, -0.2) is 4.68 Å². The topological polar surface area (TPSA) is 67.2 Å². The minimum Gasteiger partial charge on any atom is -0.352 e. The number of rotatable bonds is 5. The SMILES string of the molecule is Cc1ccc(Cl)cc1C(=O)NCC1CCN(C(=O)c2ccnn2-c2ccccc2)CC1C. The zero-order valence-electron chi connectivity index (χ0n) is 18.3. The summed E-state index contributed by atoms with van der Waals surface area (Å²) >= 11 is 6.05. The highest BCUT2D eigenvalue weighted by atomic mass is 35.5. The van der Waals surface area contributed by atoms with E-state index in [0.29, 0.717) is 41.8 Å². The lowest BCUT2D eigenvalue weighted by molar-refractivity contribution is 0.0596. The predicted molar refractivity (Wildman–Crippen MR) is 125 cm³/mol. The van der Waals surface area contributed by atoms with Gasteiger partial charge in [-0.05, 0) is 61.1 Å². The second-order valence-corrected chi connectivity index (χ2v) is 8.85. The van der Waals surface area contributed by atoms with Crippen molar-refractivity contribution in [1.82, 2.24) is 20.0 Å². The first-order valence-electron chi connectivity index (χ1n) is 10.9. The molecule has 1 N–H and O–H groups in total. The van der Waals surface area contributed by atoms with Gasteiger partial charge in [0.15, 0.2) is 0 Å². The number of aryl methyl sites for hydroxylation is 1. The number of hydrogen-bond donors (Lipinski definition) is 1. The average molecular weight is 451 g/mol. The summed E-state index contributed by atoms with van der Waals surface area (Å²) < 4.78 is 1.69. The Bertz CT molecular complexity index is 1110. The van der Waals surface area contributed by atoms with Gasteiger partial charge in [0.1, 0.15) is 5.69 Å². The van der Waals surface area contributed by atoms with E-state index in [0.717, 1.165) is 17.7 Å². The lowest BCUT2D eigenvalue weighted by Gasteiger charge is -2.37. The maximum Gasteiger partial charge on any atom is 0.272 e. The third kappa shape index (κ3) is 4.70. The summed E-state index contributed by atoms with van der Waals surface area (Å²) in [5, 5.41) is 7.95. The van der Waals surface area contributed by atoms with Gasteiger partial charge in [-0.3, -0.25) is 9.59 Å². The minimum absolute atomic E-state index is 0.0183. The normalized spacial score (nSPS) is 18.4. The number of nitrogens with one attached hydrogen (secondary N) is 1. The Morgan fingerprint density at radius 3 is 2.69 bits per heavy atom. The lowest BCUT2D eigenvalue weighted by Crippen LogP contribution is -2.46. The standard InChI is InChI=1S/C25H27ClN4O2/c1-17-8-9-20(26)14-22(17)24(31)27-15-19-11-13-29(16-18(19)2)25(32)23-10-12-28-30(23)21-6-4-3-5-7-21/h3-10,12,14,18-19H,11,13,15-16H2,1-2H3,(H,27,31). The Hall–Kier alpha value is -3.12. The van der Waals surface area contributed by atoms with E-state index < -0.39 is 0 Å². The third-order valence-electron chi connectivity index (χ3n) is 6.20. The van der Waals surface area contributed by atoms with Gasteiger partial charge in [0.05, 0.1) is 11.9 Å². The average Bonchev–Trinajstić information content (AvgIpc) is 3.29. The van der Waals surface area contributed by atoms with E-state index in [1.807, 2.05) is 48.2 Å². The molecular weight excluding hydrogens is 424 g/mol. The van der Waals surface area contributed by atoms with Gasteiger partial charge in [-0.2, -0.15) is 5.10 Å². The number of aromatic nitrogens is 2. The number of piperidine rings is 1. The summed E-state index contributed by atoms with van der Waals surface area (Å²) in [5.74, 6) is 0.445. The van der Waals surface area contributed by atoms with Crippen LogP contribution in [0, 0.1) is 18.8 Å². The summed E-state index contributed by atoms with van der Waals surface area (Å²) in [6.07, 6.45) is 2.49. The van der Waals surface area contributed by atoms with Crippen molar-refractivity contribution in [2.24, 2.45) is 11.8 Å². The van der Waals surface area contributed by atoms with E-state index in [1.54, 1.807) is 29.1 Å². The quantitative estimate of drug-likeness (QED) is 0.627. The molecule has 1 saturated heterocycles. The smallest absolute Gasteiger partial charge is 0.272 e. The van der Waals surface area contributed by atoms with Crippen LogP contribution in [0.3, 0.4) is 0 Å². The first kappa shape index (κ1) is 22.1. The molecule has 2 aromatic carbocycles. The zero-order chi connectivity index (χ0) is 22.7. The van der Waals surface area contributed by atoms with Gasteiger partial charge in [-0.1, -0.05) is 42.8 Å². The molecule has 2 heterocycles. The summed E-state index contributed by atoms with van der Waals surface area (Å²) in [4.78, 5) is 27.7. The highest BCUT2D eigenvalue weighted by Gasteiger charge is 2.31. The van der Waals surface area contributed by atoms with Crippen molar-refractivity contribution in [2.75, 3.05) is 19.6 Å². The molecular formula is C25H27ClN4O2. The van der Waals surface area contributed by atoms with E-state index in [4.69, 9.17) is 11.6 Å². The molecule has 4 rings (SSSR count). The van der Waals surface area contributed by atoms with Gasteiger partial charge in [-0.15, -0.1) is 0 Å². The summed E-state index contributed by atoms with van der Waals surface area (Å²) in [7, 11) is 0. The van der Waals surface area contributed by atoms with E-state index in [2.05, 4.69) is 17.3 Å². The molecule has 2 amide bonds. The van der Waals surface area contributed by atoms with E-state index in [1.165, 1.54) is 0 Å². The third-order valence-corrected chi connectivity index (χ3v) is 6.44. The van der Waals surface area contributed by atoms with E-state index >= 15 is 0 Å². The molecule has 1 aliphatic heterocycles. The number of hydrogen-bond acceptors (Lipinski definition) is 3. The van der Waals surface area contributed by atoms with Gasteiger partial charge in [0.25, 0.3) is 11.8 Å². The van der Waals surface area contributed by atoms with Crippen LogP contribution in [-0.2, 0) is 0 Å². The monoisotopic (exact) mass is 450 g/mol. The maximum atomic E-state index is 13.2. The van der Waals surface area contributed by atoms with Crippen molar-refractivity contribution < 1.29 is 9.59 Å². The number of benzene rings is 2. The molecule has 32 heavy (non-hydrogen) atoms. The molecule has 1 fully saturated rings. The van der Waals surface area contributed by atoms with Crippen LogP contribution >= 0.6 is 11.6 Å². The fraction of sp³-hybridized carbons (Fsp3) is 0.320. The molecule has 6 nitrogen and oxygen atoms in total. The highest BCUT2D eigenvalue weighted by Crippen LogP contribution is 2.25. The Kier molecular flexibility index (Phi) is 6.61. The molecule has 7 heteroatoms. The number of carbonyl (C=O) groups excluding carboxylic acids is 2. The maximum absolute atomic E-state index is 13.2. The highest BCUT2D eigenvalue weighted by molar-refractivity contribution is 6.31. The van der Waals surface area contributed by atoms with Crippen LogP contribution < -0.4 is 5.32 Å². The molecule has 2 atom stereocenters. The second-order valence-electron chi connectivity index (χ2n) is 8.41. The second kappa shape index (κ2) is 9.57. The first-order valence-corrected chi connectivity index (χ1v) is 11.2. The largest absolute Gasteiger partial charge is 0.352 e. The van der Waals surface area contributed by atoms with Crippen LogP contribution in [-0.4, -0.2) is 46.1 Å². The lowest BCUT2D eigenvalue weighted by atomic mass is 9.86. The van der Waals surface area contributed by atoms with Gasteiger partial charge in [0, 0.05) is 30.2 Å². The van der Waals surface area contributed by atoms with Crippen LogP contribution in [0.1, 0.15) is 39.8 Å². The Balaban J connectivity index is 1.37. The van der Waals surface area contributed by atoms with Crippen molar-refractivity contribution in [3.8, 4) is 5.69 Å². The van der Waals surface area contributed by atoms with E-state index in [-0.39, 0.29) is 17.7 Å². The van der Waals surface area contributed by atoms with Gasteiger partial charge in [0.2, 0.25) is 0 Å². The molecule has 0 saturated carbocycles. The molecule has 1 aromatic heterocycles. The van der Waals surface area contributed by atoms with Crippen molar-refractivity contribution in [2.45, 2.75) is 20.3 Å². The number of halogens is 1. The first-order chi connectivity index (χ1) is 15.4. The molecule has 2 unspecified atom stereocenters. The molecule has 1 aliphatic rings. The summed E-state index contributed by atoms with van der Waals surface area (Å²) in [6.45, 7) is 5.92. The summed E-state index contributed by atoms with van der Waals surface area (Å²) in [6, 6.07) is 16.8. The van der Waals surface area contributed by atoms with Crippen molar-refractivity contribution in [3.05, 3.63) is 82.6 Å². The van der Waals surface area contributed by atoms with Gasteiger partial charge >= 0.3 is 0 Å². The molecule has 3 aromatic rings. The predicted octanol–water partition coefficient (Wildman–Crippen LogP) is 4.36. The molecule has 0 aliphatic carbocycles. The molecule has 0 radical (unpaired) electrons. The number of nitrogens with zero attached hydrogens (tertiary/aromatic N) is 3. The van der Waals surface area contributed by atoms with E-state index in [9.17, 15) is 9.59 Å². The van der Waals surface area contributed by atoms with Crippen LogP contribution in [0.25, 0.3) is 5.69 Å². The fourth-order valence-electron chi connectivity index (χ4n) is 4.24. The fourth-order valence-corrected chi connectivity index (χ4v) is 4.41. The number of para-hydroxylation sites is 1. The summed E-state index contributed by atoms with van der Waals surface area (Å²) in [5.41, 5.74) is 2.93. The number of likely N-dealkylation sites (tertiary alicyclic amines) is 1. The number of amides is 2. The Morgan fingerprint density at radius 2 is 1.94 bits per heavy atom. The van der Waals surface area contributed by atoms with Crippen LogP contribution in [0.2, 0.25) is 5.02 Å². The Labute approximate surface area is 193 Å². The van der Waals surface area contributed by atoms with Crippen LogP contribution in [0.5, 0.6) is 0 Å². The van der Waals surface area contributed by atoms with Gasteiger partial charge < -0.3 is 10.2 Å². The molecule has 0 spiro atoms. The van der Waals surface area contributed by atoms with Crippen molar-refractivity contribution in [3.63, 3.8) is 0 Å². The molecule has 0 bridgehead atoms. The van der Waals surface area contributed by atoms with Crippen molar-refractivity contribution >= 4 is 23.4 Å². The number of carbonyl (C=O) groups is 2. The Morgan fingerprint density at radius 1 is 1.16 bits per heavy atom.